The van der Waals surface area contributed by atoms with Crippen LogP contribution in [0.5, 0.6) is 5.75 Å². The Morgan fingerprint density at radius 3 is 2.43 bits per heavy atom. The number of ether oxygens (including phenoxy) is 2. The molecule has 2 fully saturated rings. The third-order valence-corrected chi connectivity index (χ3v) is 7.87. The van der Waals surface area contributed by atoms with E-state index < -0.39 is 20.5 Å². The van der Waals surface area contributed by atoms with Crippen molar-refractivity contribution in [2.45, 2.75) is 41.9 Å². The molecule has 0 spiro atoms. The number of rotatable bonds is 5. The molecule has 2 aliphatic heterocycles. The van der Waals surface area contributed by atoms with Crippen molar-refractivity contribution in [2.24, 2.45) is 0 Å². The SMILES string of the molecule is CC(=O)N1CCC(Oc2ccc(S(=O)(=O)C3(C(=O)NO)CCOCC3)cc2)C1. The lowest BCUT2D eigenvalue weighted by Crippen LogP contribution is -2.54. The fraction of sp³-hybridized carbons (Fsp3) is 0.556. The highest BCUT2D eigenvalue weighted by Gasteiger charge is 2.52. The summed E-state index contributed by atoms with van der Waals surface area (Å²) in [6.07, 6.45) is 0.485. The number of carbonyl (C=O) groups excluding carboxylic acids is 2. The first-order chi connectivity index (χ1) is 13.3. The van der Waals surface area contributed by atoms with Crippen LogP contribution in [0.3, 0.4) is 0 Å². The van der Waals surface area contributed by atoms with E-state index in [1.807, 2.05) is 0 Å². The molecule has 28 heavy (non-hydrogen) atoms. The number of sulfone groups is 1. The highest BCUT2D eigenvalue weighted by Crippen LogP contribution is 2.36. The van der Waals surface area contributed by atoms with Crippen molar-refractivity contribution in [3.05, 3.63) is 24.3 Å². The van der Waals surface area contributed by atoms with Gasteiger partial charge in [-0.2, -0.15) is 0 Å². The summed E-state index contributed by atoms with van der Waals surface area (Å²) in [4.78, 5) is 25.3. The fourth-order valence-electron chi connectivity index (χ4n) is 3.65. The molecule has 1 aromatic carbocycles. The van der Waals surface area contributed by atoms with Crippen LogP contribution in [0.1, 0.15) is 26.2 Å². The topological polar surface area (TPSA) is 122 Å². The van der Waals surface area contributed by atoms with E-state index in [-0.39, 0.29) is 43.0 Å². The molecular weight excluding hydrogens is 388 g/mol. The zero-order valence-electron chi connectivity index (χ0n) is 15.6. The molecule has 2 heterocycles. The third kappa shape index (κ3) is 3.71. The van der Waals surface area contributed by atoms with E-state index in [9.17, 15) is 18.0 Å². The Balaban J connectivity index is 1.78. The van der Waals surface area contributed by atoms with Gasteiger partial charge in [0.15, 0.2) is 14.6 Å². The monoisotopic (exact) mass is 412 g/mol. The predicted molar refractivity (Wildman–Crippen MR) is 97.6 cm³/mol. The zero-order valence-corrected chi connectivity index (χ0v) is 16.4. The van der Waals surface area contributed by atoms with Crippen LogP contribution in [0.4, 0.5) is 0 Å². The Morgan fingerprint density at radius 2 is 1.89 bits per heavy atom. The van der Waals surface area contributed by atoms with Crippen LogP contribution in [0.2, 0.25) is 0 Å². The van der Waals surface area contributed by atoms with Crippen LogP contribution in [0.15, 0.2) is 29.2 Å². The minimum Gasteiger partial charge on any atom is -0.489 e. The Hall–Kier alpha value is -2.17. The largest absolute Gasteiger partial charge is 0.489 e. The average Bonchev–Trinajstić information content (AvgIpc) is 3.17. The van der Waals surface area contributed by atoms with Gasteiger partial charge in [0.25, 0.3) is 5.91 Å². The maximum atomic E-state index is 13.2. The average molecular weight is 412 g/mol. The molecule has 1 unspecified atom stereocenters. The van der Waals surface area contributed by atoms with E-state index in [0.29, 0.717) is 25.3 Å². The second-order valence-corrected chi connectivity index (χ2v) is 9.28. The van der Waals surface area contributed by atoms with Gasteiger partial charge in [-0.15, -0.1) is 0 Å². The first kappa shape index (κ1) is 20.6. The van der Waals surface area contributed by atoms with Gasteiger partial charge in [-0.3, -0.25) is 14.8 Å². The van der Waals surface area contributed by atoms with Gasteiger partial charge in [-0.25, -0.2) is 13.9 Å². The first-order valence-corrected chi connectivity index (χ1v) is 10.6. The van der Waals surface area contributed by atoms with Crippen molar-refractivity contribution in [3.8, 4) is 5.75 Å². The van der Waals surface area contributed by atoms with Crippen molar-refractivity contribution < 1.29 is 32.7 Å². The van der Waals surface area contributed by atoms with Crippen LogP contribution >= 0.6 is 0 Å². The van der Waals surface area contributed by atoms with E-state index in [1.54, 1.807) is 4.90 Å². The minimum atomic E-state index is -4.06. The summed E-state index contributed by atoms with van der Waals surface area (Å²) in [6.45, 7) is 2.86. The maximum absolute atomic E-state index is 13.2. The summed E-state index contributed by atoms with van der Waals surface area (Å²) >= 11 is 0. The van der Waals surface area contributed by atoms with E-state index in [1.165, 1.54) is 36.7 Å². The van der Waals surface area contributed by atoms with Gasteiger partial charge < -0.3 is 14.4 Å². The first-order valence-electron chi connectivity index (χ1n) is 9.09. The number of nitrogens with one attached hydrogen (secondary N) is 1. The number of likely N-dealkylation sites (tertiary alicyclic amines) is 1. The Kier molecular flexibility index (Phi) is 5.92. The minimum absolute atomic E-state index is 0.00328. The summed E-state index contributed by atoms with van der Waals surface area (Å²) in [5.74, 6) is -0.468. The molecule has 0 radical (unpaired) electrons. The van der Waals surface area contributed by atoms with Crippen molar-refractivity contribution in [1.29, 1.82) is 0 Å². The van der Waals surface area contributed by atoms with Gasteiger partial charge in [-0.1, -0.05) is 0 Å². The molecule has 1 atom stereocenters. The van der Waals surface area contributed by atoms with Crippen molar-refractivity contribution in [1.82, 2.24) is 10.4 Å². The standard InChI is InChI=1S/C18H24N2O7S/c1-13(21)20-9-6-15(12-20)27-14-2-4-16(5-3-14)28(24,25)18(17(22)19-23)7-10-26-11-8-18/h2-5,15,23H,6-12H2,1H3,(H,19,22). The van der Waals surface area contributed by atoms with E-state index in [4.69, 9.17) is 14.7 Å². The Labute approximate surface area is 163 Å². The lowest BCUT2D eigenvalue weighted by molar-refractivity contribution is -0.134. The number of nitrogens with zero attached hydrogens (tertiary/aromatic N) is 1. The normalized spacial score (nSPS) is 21.9. The molecule has 1 aromatic rings. The number of hydroxylamine groups is 1. The molecule has 0 bridgehead atoms. The second kappa shape index (κ2) is 8.06. The van der Waals surface area contributed by atoms with E-state index >= 15 is 0 Å². The maximum Gasteiger partial charge on any atom is 0.265 e. The third-order valence-electron chi connectivity index (χ3n) is 5.36. The zero-order chi connectivity index (χ0) is 20.4. The molecule has 0 aromatic heterocycles. The van der Waals surface area contributed by atoms with Crippen LogP contribution < -0.4 is 10.2 Å². The Bertz CT molecular complexity index is 832. The van der Waals surface area contributed by atoms with Gasteiger partial charge in [-0.05, 0) is 37.1 Å². The second-order valence-electron chi connectivity index (χ2n) is 7.02. The van der Waals surface area contributed by atoms with Gasteiger partial charge >= 0.3 is 0 Å². The summed E-state index contributed by atoms with van der Waals surface area (Å²) in [6, 6.07) is 5.86. The summed E-state index contributed by atoms with van der Waals surface area (Å²) in [5.41, 5.74) is 1.49. The van der Waals surface area contributed by atoms with Crippen molar-refractivity contribution in [2.75, 3.05) is 26.3 Å². The number of hydrogen-bond donors (Lipinski definition) is 2. The molecule has 2 amide bonds. The molecule has 9 nitrogen and oxygen atoms in total. The van der Waals surface area contributed by atoms with Crippen molar-refractivity contribution in [3.63, 3.8) is 0 Å². The number of hydrogen-bond acceptors (Lipinski definition) is 7. The van der Waals surface area contributed by atoms with Crippen LogP contribution in [0.25, 0.3) is 0 Å². The van der Waals surface area contributed by atoms with Crippen molar-refractivity contribution >= 4 is 21.7 Å². The molecule has 3 rings (SSSR count). The smallest absolute Gasteiger partial charge is 0.265 e. The summed E-state index contributed by atoms with van der Waals surface area (Å²) in [7, 11) is -4.06. The highest BCUT2D eigenvalue weighted by molar-refractivity contribution is 7.93. The predicted octanol–water partition coefficient (Wildman–Crippen LogP) is 0.515. The highest BCUT2D eigenvalue weighted by atomic mass is 32.2. The van der Waals surface area contributed by atoms with Crippen LogP contribution in [-0.2, 0) is 24.2 Å². The van der Waals surface area contributed by atoms with Gasteiger partial charge in [0.2, 0.25) is 5.91 Å². The number of amides is 2. The van der Waals surface area contributed by atoms with Gasteiger partial charge in [0.1, 0.15) is 11.9 Å². The molecule has 0 aliphatic carbocycles. The van der Waals surface area contributed by atoms with E-state index in [2.05, 4.69) is 0 Å². The number of carbonyl (C=O) groups is 2. The quantitative estimate of drug-likeness (QED) is 0.534. The molecule has 154 valence electrons. The van der Waals surface area contributed by atoms with Crippen LogP contribution in [-0.4, -0.2) is 67.5 Å². The molecule has 2 N–H and O–H groups in total. The van der Waals surface area contributed by atoms with Crippen LogP contribution in [0, 0.1) is 0 Å². The summed E-state index contributed by atoms with van der Waals surface area (Å²) in [5, 5.41) is 9.07. The lowest BCUT2D eigenvalue weighted by Gasteiger charge is -2.34. The van der Waals surface area contributed by atoms with E-state index in [0.717, 1.165) is 0 Å². The molecule has 0 saturated carbocycles. The Morgan fingerprint density at radius 1 is 1.25 bits per heavy atom. The molecule has 10 heteroatoms. The van der Waals surface area contributed by atoms with Gasteiger partial charge in [0.05, 0.1) is 11.4 Å². The molecular formula is C18H24N2O7S. The van der Waals surface area contributed by atoms with Gasteiger partial charge in [0, 0.05) is 33.1 Å². The molecule has 2 aliphatic rings. The molecule has 2 saturated heterocycles. The fourth-order valence-corrected chi connectivity index (χ4v) is 5.59. The lowest BCUT2D eigenvalue weighted by atomic mass is 9.98. The number of benzene rings is 1. The summed E-state index contributed by atoms with van der Waals surface area (Å²) < 4.78 is 35.6.